The number of rotatable bonds is 4. The molecular formula is C21H27N5O. The molecule has 0 aromatic carbocycles. The van der Waals surface area contributed by atoms with Crippen molar-refractivity contribution in [2.24, 2.45) is 0 Å². The van der Waals surface area contributed by atoms with E-state index >= 15 is 0 Å². The Morgan fingerprint density at radius 1 is 1.15 bits per heavy atom. The molecule has 2 aliphatic heterocycles. The maximum atomic E-state index is 12.6. The van der Waals surface area contributed by atoms with E-state index in [1.165, 1.54) is 24.8 Å². The molecule has 2 aromatic rings. The molecule has 2 aromatic heterocycles. The smallest absolute Gasteiger partial charge is 0.255 e. The van der Waals surface area contributed by atoms with Crippen LogP contribution in [0.25, 0.3) is 0 Å². The summed E-state index contributed by atoms with van der Waals surface area (Å²) in [5.74, 6) is 2.52. The highest BCUT2D eigenvalue weighted by molar-refractivity contribution is 5.47. The lowest BCUT2D eigenvalue weighted by Crippen LogP contribution is -2.37. The Balaban J connectivity index is 1.35. The third kappa shape index (κ3) is 3.50. The van der Waals surface area contributed by atoms with Crippen LogP contribution in [0.3, 0.4) is 0 Å². The molecule has 142 valence electrons. The summed E-state index contributed by atoms with van der Waals surface area (Å²) in [5, 5.41) is 0. The van der Waals surface area contributed by atoms with Crippen molar-refractivity contribution in [2.75, 3.05) is 24.5 Å². The van der Waals surface area contributed by atoms with E-state index in [0.29, 0.717) is 12.5 Å². The number of aromatic nitrogens is 3. The first-order chi connectivity index (χ1) is 13.3. The van der Waals surface area contributed by atoms with Crippen molar-refractivity contribution in [1.82, 2.24) is 19.9 Å². The quantitative estimate of drug-likeness (QED) is 0.902. The number of aromatic amines is 1. The van der Waals surface area contributed by atoms with E-state index in [1.54, 1.807) is 0 Å². The maximum Gasteiger partial charge on any atom is 0.255 e. The third-order valence-corrected chi connectivity index (χ3v) is 6.05. The number of anilines is 1. The molecule has 0 atom stereocenters. The number of fused-ring (bicyclic) bond motifs is 1. The minimum atomic E-state index is 0.0639. The van der Waals surface area contributed by atoms with Gasteiger partial charge in [0.05, 0.1) is 11.3 Å². The normalized spacial score (nSPS) is 20.5. The van der Waals surface area contributed by atoms with Crippen LogP contribution >= 0.6 is 0 Å². The first kappa shape index (κ1) is 16.9. The Hall–Kier alpha value is -2.21. The summed E-state index contributed by atoms with van der Waals surface area (Å²) < 4.78 is 0. The lowest BCUT2D eigenvalue weighted by atomic mass is 10.1. The minimum Gasteiger partial charge on any atom is -0.356 e. The van der Waals surface area contributed by atoms with Crippen LogP contribution in [0.4, 0.5) is 5.82 Å². The molecule has 0 bridgehead atoms. The van der Waals surface area contributed by atoms with E-state index in [2.05, 4.69) is 25.8 Å². The zero-order chi connectivity index (χ0) is 18.2. The predicted octanol–water partition coefficient (Wildman–Crippen LogP) is 2.59. The van der Waals surface area contributed by atoms with Crippen molar-refractivity contribution in [3.63, 3.8) is 0 Å². The first-order valence-electron chi connectivity index (χ1n) is 10.3. The number of hydrogen-bond acceptors (Lipinski definition) is 5. The van der Waals surface area contributed by atoms with E-state index in [9.17, 15) is 4.79 Å². The SMILES string of the molecule is O=c1[nH]c(C2CC2)nc2c1CN(Cc1cccnc1N1CCCCC1)CC2. The van der Waals surface area contributed by atoms with E-state index in [-0.39, 0.29) is 5.56 Å². The molecule has 3 aliphatic rings. The summed E-state index contributed by atoms with van der Waals surface area (Å²) in [6.45, 7) is 4.66. The average Bonchev–Trinajstić information content (AvgIpc) is 3.55. The molecule has 0 unspecified atom stereocenters. The summed E-state index contributed by atoms with van der Waals surface area (Å²) >= 11 is 0. The topological polar surface area (TPSA) is 65.1 Å². The molecule has 0 spiro atoms. The van der Waals surface area contributed by atoms with Crippen LogP contribution in [0, 0.1) is 0 Å². The van der Waals surface area contributed by atoms with Gasteiger partial charge in [-0.3, -0.25) is 9.69 Å². The molecule has 5 rings (SSSR count). The van der Waals surface area contributed by atoms with Gasteiger partial charge < -0.3 is 9.88 Å². The van der Waals surface area contributed by atoms with Gasteiger partial charge in [0.1, 0.15) is 11.6 Å². The molecule has 1 saturated carbocycles. The molecule has 1 saturated heterocycles. The lowest BCUT2D eigenvalue weighted by molar-refractivity contribution is 0.241. The fourth-order valence-corrected chi connectivity index (χ4v) is 4.37. The zero-order valence-corrected chi connectivity index (χ0v) is 15.8. The minimum absolute atomic E-state index is 0.0639. The van der Waals surface area contributed by atoms with Gasteiger partial charge in [0, 0.05) is 56.8 Å². The van der Waals surface area contributed by atoms with Crippen molar-refractivity contribution in [3.05, 3.63) is 51.3 Å². The van der Waals surface area contributed by atoms with Crippen LogP contribution in [0.15, 0.2) is 23.1 Å². The van der Waals surface area contributed by atoms with Crippen LogP contribution in [0.5, 0.6) is 0 Å². The van der Waals surface area contributed by atoms with Crippen LogP contribution in [0.2, 0.25) is 0 Å². The van der Waals surface area contributed by atoms with Crippen molar-refractivity contribution in [1.29, 1.82) is 0 Å². The fraction of sp³-hybridized carbons (Fsp3) is 0.571. The molecule has 1 N–H and O–H groups in total. The highest BCUT2D eigenvalue weighted by atomic mass is 16.1. The number of hydrogen-bond donors (Lipinski definition) is 1. The molecule has 0 radical (unpaired) electrons. The molecule has 27 heavy (non-hydrogen) atoms. The second kappa shape index (κ2) is 7.08. The van der Waals surface area contributed by atoms with E-state index in [1.807, 2.05) is 12.3 Å². The van der Waals surface area contributed by atoms with Gasteiger partial charge >= 0.3 is 0 Å². The van der Waals surface area contributed by atoms with Gasteiger partial charge in [-0.25, -0.2) is 9.97 Å². The van der Waals surface area contributed by atoms with E-state index in [4.69, 9.17) is 4.98 Å². The van der Waals surface area contributed by atoms with E-state index < -0.39 is 0 Å². The van der Waals surface area contributed by atoms with Gasteiger partial charge in [0.2, 0.25) is 0 Å². The third-order valence-electron chi connectivity index (χ3n) is 6.05. The maximum absolute atomic E-state index is 12.6. The van der Waals surface area contributed by atoms with Gasteiger partial charge in [0.15, 0.2) is 0 Å². The van der Waals surface area contributed by atoms with Crippen LogP contribution in [-0.2, 0) is 19.5 Å². The summed E-state index contributed by atoms with van der Waals surface area (Å²) in [7, 11) is 0. The second-order valence-corrected chi connectivity index (χ2v) is 8.15. The summed E-state index contributed by atoms with van der Waals surface area (Å²) in [6.07, 6.45) is 8.89. The van der Waals surface area contributed by atoms with E-state index in [0.717, 1.165) is 68.3 Å². The van der Waals surface area contributed by atoms with Crippen molar-refractivity contribution in [2.45, 2.75) is 57.5 Å². The van der Waals surface area contributed by atoms with Gasteiger partial charge in [-0.2, -0.15) is 0 Å². The highest BCUT2D eigenvalue weighted by Crippen LogP contribution is 2.38. The first-order valence-corrected chi connectivity index (χ1v) is 10.3. The number of nitrogens with one attached hydrogen (secondary N) is 1. The predicted molar refractivity (Wildman–Crippen MR) is 105 cm³/mol. The summed E-state index contributed by atoms with van der Waals surface area (Å²) in [5.41, 5.74) is 3.20. The van der Waals surface area contributed by atoms with Crippen molar-refractivity contribution >= 4 is 5.82 Å². The van der Waals surface area contributed by atoms with Gasteiger partial charge in [-0.05, 0) is 38.2 Å². The molecule has 6 nitrogen and oxygen atoms in total. The zero-order valence-electron chi connectivity index (χ0n) is 15.8. The number of nitrogens with zero attached hydrogens (tertiary/aromatic N) is 4. The average molecular weight is 365 g/mol. The van der Waals surface area contributed by atoms with Crippen LogP contribution in [0.1, 0.15) is 60.7 Å². The van der Waals surface area contributed by atoms with Gasteiger partial charge in [-0.1, -0.05) is 6.07 Å². The monoisotopic (exact) mass is 365 g/mol. The van der Waals surface area contributed by atoms with Crippen LogP contribution in [-0.4, -0.2) is 39.5 Å². The Kier molecular flexibility index (Phi) is 4.44. The van der Waals surface area contributed by atoms with Gasteiger partial charge in [-0.15, -0.1) is 0 Å². The van der Waals surface area contributed by atoms with Gasteiger partial charge in [0.25, 0.3) is 5.56 Å². The lowest BCUT2D eigenvalue weighted by Gasteiger charge is -2.32. The second-order valence-electron chi connectivity index (χ2n) is 8.15. The molecule has 6 heteroatoms. The van der Waals surface area contributed by atoms with Crippen molar-refractivity contribution < 1.29 is 0 Å². The number of H-pyrrole nitrogens is 1. The molecule has 2 fully saturated rings. The standard InChI is InChI=1S/C21H27N5O/c27-21-17-14-25(12-8-18(17)23-19(24-21)15-6-7-15)13-16-5-4-9-22-20(16)26-10-2-1-3-11-26/h4-5,9,15H,1-3,6-8,10-14H2,(H,23,24,27). The highest BCUT2D eigenvalue weighted by Gasteiger charge is 2.29. The molecule has 1 aliphatic carbocycles. The summed E-state index contributed by atoms with van der Waals surface area (Å²) in [6, 6.07) is 4.21. The van der Waals surface area contributed by atoms with Crippen LogP contribution < -0.4 is 10.5 Å². The Bertz CT molecular complexity index is 882. The fourth-order valence-electron chi connectivity index (χ4n) is 4.37. The van der Waals surface area contributed by atoms with Crippen molar-refractivity contribution in [3.8, 4) is 0 Å². The Morgan fingerprint density at radius 3 is 2.81 bits per heavy atom. The summed E-state index contributed by atoms with van der Waals surface area (Å²) in [4.78, 5) is 29.9. The molecular weight excluding hydrogens is 338 g/mol. The Morgan fingerprint density at radius 2 is 2.00 bits per heavy atom. The number of pyridine rings is 1. The molecule has 4 heterocycles. The number of piperidine rings is 1. The largest absolute Gasteiger partial charge is 0.356 e. The molecule has 0 amide bonds. The Labute approximate surface area is 159 Å².